The molecule has 0 saturated heterocycles. The lowest BCUT2D eigenvalue weighted by Crippen LogP contribution is -2.14. The van der Waals surface area contributed by atoms with E-state index in [9.17, 15) is 8.78 Å². The molecular weight excluding hydrogens is 296 g/mol. The van der Waals surface area contributed by atoms with E-state index in [1.807, 2.05) is 25.8 Å². The lowest BCUT2D eigenvalue weighted by atomic mass is 10.1. The van der Waals surface area contributed by atoms with E-state index in [1.165, 1.54) is 12.1 Å². The molecule has 0 N–H and O–H groups in total. The lowest BCUT2D eigenvalue weighted by Gasteiger charge is -2.22. The van der Waals surface area contributed by atoms with Crippen molar-refractivity contribution < 1.29 is 8.78 Å². The molecule has 0 unspecified atom stereocenters. The van der Waals surface area contributed by atoms with Crippen LogP contribution in [0.5, 0.6) is 0 Å². The summed E-state index contributed by atoms with van der Waals surface area (Å²) in [6.07, 6.45) is 1.60. The first-order chi connectivity index (χ1) is 10.9. The fourth-order valence-corrected chi connectivity index (χ4v) is 2.21. The van der Waals surface area contributed by atoms with Gasteiger partial charge in [0.25, 0.3) is 0 Å². The Labute approximate surface area is 135 Å². The van der Waals surface area contributed by atoms with E-state index in [4.69, 9.17) is 0 Å². The Kier molecular flexibility index (Phi) is 5.32. The Hall–Kier alpha value is -2.43. The van der Waals surface area contributed by atoms with Gasteiger partial charge >= 0.3 is 0 Å². The van der Waals surface area contributed by atoms with Crippen LogP contribution in [0.3, 0.4) is 0 Å². The molecule has 0 aromatic heterocycles. The predicted molar refractivity (Wildman–Crippen MR) is 92.1 cm³/mol. The zero-order chi connectivity index (χ0) is 17.0. The minimum absolute atomic E-state index is 0.272. The first kappa shape index (κ1) is 16.9. The van der Waals surface area contributed by atoms with E-state index in [0.717, 1.165) is 12.1 Å². The van der Waals surface area contributed by atoms with Gasteiger partial charge in [-0.05, 0) is 37.6 Å². The van der Waals surface area contributed by atoms with Gasteiger partial charge in [0.05, 0.1) is 12.0 Å². The van der Waals surface area contributed by atoms with Crippen LogP contribution in [0.2, 0.25) is 0 Å². The first-order valence-electron chi connectivity index (χ1n) is 7.46. The van der Waals surface area contributed by atoms with Crippen molar-refractivity contribution in [1.82, 2.24) is 4.90 Å². The van der Waals surface area contributed by atoms with Crippen molar-refractivity contribution in [3.05, 3.63) is 53.6 Å². The average Bonchev–Trinajstić information content (AvgIpc) is 2.54. The topological polar surface area (TPSA) is 18.8 Å². The van der Waals surface area contributed by atoms with Crippen LogP contribution in [0.1, 0.15) is 12.5 Å². The summed E-state index contributed by atoms with van der Waals surface area (Å²) >= 11 is 0. The van der Waals surface area contributed by atoms with Crippen LogP contribution in [0.15, 0.2) is 41.4 Å². The molecule has 0 saturated carbocycles. The largest absolute Gasteiger partial charge is 0.366 e. The smallest absolute Gasteiger partial charge is 0.150 e. The maximum Gasteiger partial charge on any atom is 0.150 e. The maximum absolute atomic E-state index is 14.3. The molecule has 0 aliphatic heterocycles. The number of hydrogen-bond acceptors (Lipinski definition) is 2. The highest BCUT2D eigenvalue weighted by molar-refractivity contribution is 5.70. The van der Waals surface area contributed by atoms with E-state index in [0.29, 0.717) is 11.4 Å². The molecule has 0 atom stereocenters. The number of hydrogen-bond donors (Lipinski definition) is 0. The summed E-state index contributed by atoms with van der Waals surface area (Å²) < 4.78 is 28.2. The van der Waals surface area contributed by atoms with Gasteiger partial charge in [-0.15, -0.1) is 0 Å². The Morgan fingerprint density at radius 3 is 2.39 bits per heavy atom. The van der Waals surface area contributed by atoms with Crippen LogP contribution in [-0.4, -0.2) is 31.9 Å². The molecule has 0 fully saturated rings. The van der Waals surface area contributed by atoms with Crippen molar-refractivity contribution in [3.63, 3.8) is 0 Å². The van der Waals surface area contributed by atoms with Gasteiger partial charge in [0.15, 0.2) is 5.82 Å². The molecule has 0 aliphatic carbocycles. The number of nitrogens with zero attached hydrogens (tertiary/aromatic N) is 3. The zero-order valence-corrected chi connectivity index (χ0v) is 13.8. The first-order valence-corrected chi connectivity index (χ1v) is 7.46. The van der Waals surface area contributed by atoms with E-state index in [-0.39, 0.29) is 11.5 Å². The molecular formula is C18H21F2N3. The van der Waals surface area contributed by atoms with Gasteiger partial charge in [0.1, 0.15) is 11.5 Å². The molecule has 2 aromatic rings. The normalized spacial score (nSPS) is 11.0. The Morgan fingerprint density at radius 1 is 1.04 bits per heavy atom. The van der Waals surface area contributed by atoms with Crippen LogP contribution < -0.4 is 4.90 Å². The van der Waals surface area contributed by atoms with E-state index in [2.05, 4.69) is 4.99 Å². The number of halogens is 2. The lowest BCUT2D eigenvalue weighted by molar-refractivity contribution is 0.551. The van der Waals surface area contributed by atoms with Gasteiger partial charge < -0.3 is 9.80 Å². The second-order valence-electron chi connectivity index (χ2n) is 5.42. The Bertz CT molecular complexity index is 713. The number of para-hydroxylation sites is 1. The third-order valence-electron chi connectivity index (χ3n) is 3.73. The van der Waals surface area contributed by atoms with E-state index >= 15 is 0 Å². The van der Waals surface area contributed by atoms with Crippen molar-refractivity contribution in [2.24, 2.45) is 4.99 Å². The zero-order valence-electron chi connectivity index (χ0n) is 13.8. The molecule has 5 heteroatoms. The number of rotatable bonds is 5. The van der Waals surface area contributed by atoms with Gasteiger partial charge in [-0.2, -0.15) is 0 Å². The highest BCUT2D eigenvalue weighted by atomic mass is 19.1. The molecule has 122 valence electrons. The van der Waals surface area contributed by atoms with Gasteiger partial charge in [-0.1, -0.05) is 12.1 Å². The number of anilines is 2. The van der Waals surface area contributed by atoms with Crippen molar-refractivity contribution in [1.29, 1.82) is 0 Å². The highest BCUT2D eigenvalue weighted by Crippen LogP contribution is 2.32. The molecule has 0 radical (unpaired) electrons. The standard InChI is InChI=1S/C18H21F2N3/c1-5-22(3)12-21-16-10-13(2)18(11-15(16)20)23(4)17-9-7-6-8-14(17)19/h6-12H,5H2,1-4H3. The quantitative estimate of drug-likeness (QED) is 0.590. The Balaban J connectivity index is 2.37. The second-order valence-corrected chi connectivity index (χ2v) is 5.42. The molecule has 0 amide bonds. The summed E-state index contributed by atoms with van der Waals surface area (Å²) in [6, 6.07) is 9.48. The molecule has 0 bridgehead atoms. The molecule has 23 heavy (non-hydrogen) atoms. The summed E-state index contributed by atoms with van der Waals surface area (Å²) in [4.78, 5) is 7.66. The highest BCUT2D eigenvalue weighted by Gasteiger charge is 2.14. The predicted octanol–water partition coefficient (Wildman–Crippen LogP) is 4.65. The van der Waals surface area contributed by atoms with Crippen molar-refractivity contribution >= 4 is 23.4 Å². The summed E-state index contributed by atoms with van der Waals surface area (Å²) in [5.74, 6) is -0.781. The summed E-state index contributed by atoms with van der Waals surface area (Å²) in [5, 5.41) is 0. The van der Waals surface area contributed by atoms with Crippen LogP contribution in [0.4, 0.5) is 25.8 Å². The fourth-order valence-electron chi connectivity index (χ4n) is 2.21. The summed E-state index contributed by atoms with van der Waals surface area (Å²) in [5.41, 5.74) is 2.10. The van der Waals surface area contributed by atoms with Crippen molar-refractivity contribution in [2.75, 3.05) is 25.5 Å². The van der Waals surface area contributed by atoms with Crippen LogP contribution in [-0.2, 0) is 0 Å². The molecule has 3 nitrogen and oxygen atoms in total. The average molecular weight is 317 g/mol. The molecule has 2 rings (SSSR count). The summed E-state index contributed by atoms with van der Waals surface area (Å²) in [7, 11) is 3.59. The van der Waals surface area contributed by atoms with Gasteiger partial charge in [0, 0.05) is 32.4 Å². The SMILES string of the molecule is CCN(C)C=Nc1cc(C)c(N(C)c2ccccc2F)cc1F. The van der Waals surface area contributed by atoms with Crippen LogP contribution in [0.25, 0.3) is 0 Å². The van der Waals surface area contributed by atoms with Gasteiger partial charge in [0.2, 0.25) is 0 Å². The maximum atomic E-state index is 14.3. The number of benzene rings is 2. The Morgan fingerprint density at radius 2 is 1.74 bits per heavy atom. The third kappa shape index (κ3) is 3.86. The van der Waals surface area contributed by atoms with Crippen molar-refractivity contribution in [3.8, 4) is 0 Å². The van der Waals surface area contributed by atoms with E-state index < -0.39 is 5.82 Å². The molecule has 2 aromatic carbocycles. The molecule has 0 aliphatic rings. The monoisotopic (exact) mass is 317 g/mol. The fraction of sp³-hybridized carbons (Fsp3) is 0.278. The van der Waals surface area contributed by atoms with E-state index in [1.54, 1.807) is 42.6 Å². The van der Waals surface area contributed by atoms with Gasteiger partial charge in [-0.25, -0.2) is 13.8 Å². The van der Waals surface area contributed by atoms with Crippen molar-refractivity contribution in [2.45, 2.75) is 13.8 Å². The van der Waals surface area contributed by atoms with Gasteiger partial charge in [-0.3, -0.25) is 0 Å². The minimum Gasteiger partial charge on any atom is -0.366 e. The number of aliphatic imine (C=N–C) groups is 1. The second kappa shape index (κ2) is 7.22. The summed E-state index contributed by atoms with van der Waals surface area (Å²) in [6.45, 7) is 4.63. The van der Waals surface area contributed by atoms with Crippen LogP contribution in [0, 0.1) is 18.6 Å². The number of aryl methyl sites for hydroxylation is 1. The third-order valence-corrected chi connectivity index (χ3v) is 3.73. The minimum atomic E-state index is -0.436. The molecule has 0 spiro atoms. The molecule has 0 heterocycles. The van der Waals surface area contributed by atoms with Crippen LogP contribution >= 0.6 is 0 Å².